The Hall–Kier alpha value is -3.41. The number of carbonyl (C=O) groups is 3. The van der Waals surface area contributed by atoms with Gasteiger partial charge in [0, 0.05) is 23.1 Å². The van der Waals surface area contributed by atoms with Crippen LogP contribution >= 0.6 is 0 Å². The number of amides is 1. The monoisotopic (exact) mass is 365 g/mol. The van der Waals surface area contributed by atoms with Crippen molar-refractivity contribution in [3.8, 4) is 0 Å². The van der Waals surface area contributed by atoms with Crippen LogP contribution in [0.3, 0.4) is 0 Å². The summed E-state index contributed by atoms with van der Waals surface area (Å²) >= 11 is 0. The van der Waals surface area contributed by atoms with Gasteiger partial charge in [0.15, 0.2) is 12.4 Å². The van der Waals surface area contributed by atoms with E-state index in [9.17, 15) is 14.4 Å². The van der Waals surface area contributed by atoms with Crippen LogP contribution in [-0.4, -0.2) is 24.3 Å². The quantitative estimate of drug-likeness (QED) is 0.501. The number of esters is 1. The number of para-hydroxylation sites is 1. The summed E-state index contributed by atoms with van der Waals surface area (Å²) in [4.78, 5) is 35.8. The first-order valence-corrected chi connectivity index (χ1v) is 8.65. The van der Waals surface area contributed by atoms with Gasteiger partial charge in [-0.05, 0) is 42.8 Å². The SMILES string of the molecule is CCCC(=O)Nc1ccc(C(=O)COC(=O)c2cc3ccccc3o2)cc1. The van der Waals surface area contributed by atoms with E-state index in [1.807, 2.05) is 19.1 Å². The van der Waals surface area contributed by atoms with Gasteiger partial charge in [-0.15, -0.1) is 0 Å². The first-order chi connectivity index (χ1) is 13.1. The van der Waals surface area contributed by atoms with Crippen LogP contribution in [0.4, 0.5) is 5.69 Å². The molecule has 27 heavy (non-hydrogen) atoms. The van der Waals surface area contributed by atoms with E-state index in [0.717, 1.165) is 11.8 Å². The molecule has 1 aromatic heterocycles. The van der Waals surface area contributed by atoms with Crippen LogP contribution in [0.1, 0.15) is 40.7 Å². The number of anilines is 1. The molecule has 0 spiro atoms. The minimum Gasteiger partial charge on any atom is -0.451 e. The Morgan fingerprint density at radius 1 is 1.04 bits per heavy atom. The molecule has 0 saturated heterocycles. The standard InChI is InChI=1S/C21H19NO5/c1-2-5-20(24)22-16-10-8-14(9-11-16)17(23)13-26-21(25)19-12-15-6-3-4-7-18(15)27-19/h3-4,6-12H,2,5,13H2,1H3,(H,22,24). The number of carbonyl (C=O) groups excluding carboxylic acids is 3. The number of nitrogens with one attached hydrogen (secondary N) is 1. The molecular formula is C21H19NO5. The van der Waals surface area contributed by atoms with Gasteiger partial charge in [-0.3, -0.25) is 9.59 Å². The third-order valence-corrected chi connectivity index (χ3v) is 3.93. The average Bonchev–Trinajstić information content (AvgIpc) is 3.11. The lowest BCUT2D eigenvalue weighted by Gasteiger charge is -2.06. The Morgan fingerprint density at radius 3 is 2.48 bits per heavy atom. The Labute approximate surface area is 156 Å². The predicted octanol–water partition coefficient (Wildman–Crippen LogP) is 4.21. The number of ketones is 1. The fourth-order valence-corrected chi connectivity index (χ4v) is 2.56. The minimum atomic E-state index is -0.692. The first kappa shape index (κ1) is 18.4. The van der Waals surface area contributed by atoms with Gasteiger partial charge in [0.25, 0.3) is 0 Å². The number of ether oxygens (including phenoxy) is 1. The Kier molecular flexibility index (Phi) is 5.66. The molecule has 2 aromatic carbocycles. The molecule has 0 unspecified atom stereocenters. The van der Waals surface area contributed by atoms with Crippen LogP contribution < -0.4 is 5.32 Å². The van der Waals surface area contributed by atoms with E-state index < -0.39 is 12.6 Å². The zero-order chi connectivity index (χ0) is 19.2. The molecule has 6 heteroatoms. The van der Waals surface area contributed by atoms with E-state index in [1.165, 1.54) is 0 Å². The van der Waals surface area contributed by atoms with Crippen molar-refractivity contribution < 1.29 is 23.5 Å². The fourth-order valence-electron chi connectivity index (χ4n) is 2.56. The molecule has 0 bridgehead atoms. The lowest BCUT2D eigenvalue weighted by molar-refractivity contribution is -0.116. The van der Waals surface area contributed by atoms with Crippen LogP contribution in [0, 0.1) is 0 Å². The van der Waals surface area contributed by atoms with E-state index in [-0.39, 0.29) is 17.5 Å². The second-order valence-electron chi connectivity index (χ2n) is 6.02. The second-order valence-corrected chi connectivity index (χ2v) is 6.02. The van der Waals surface area contributed by atoms with E-state index in [2.05, 4.69) is 5.32 Å². The molecule has 0 saturated carbocycles. The summed E-state index contributed by atoms with van der Waals surface area (Å²) in [7, 11) is 0. The molecule has 0 aliphatic rings. The van der Waals surface area contributed by atoms with Crippen molar-refractivity contribution in [3.05, 3.63) is 65.9 Å². The Balaban J connectivity index is 1.56. The molecule has 0 fully saturated rings. The molecule has 138 valence electrons. The van der Waals surface area contributed by atoms with Gasteiger partial charge in [0.05, 0.1) is 0 Å². The van der Waals surface area contributed by atoms with Crippen LogP contribution in [0.5, 0.6) is 0 Å². The number of fused-ring (bicyclic) bond motifs is 1. The van der Waals surface area contributed by atoms with E-state index in [0.29, 0.717) is 23.3 Å². The molecular weight excluding hydrogens is 346 g/mol. The molecule has 0 aliphatic heterocycles. The van der Waals surface area contributed by atoms with Gasteiger partial charge in [-0.2, -0.15) is 0 Å². The fraction of sp³-hybridized carbons (Fsp3) is 0.190. The van der Waals surface area contributed by atoms with Crippen LogP contribution in [0.15, 0.2) is 59.0 Å². The third kappa shape index (κ3) is 4.61. The highest BCUT2D eigenvalue weighted by molar-refractivity contribution is 6.00. The molecule has 0 radical (unpaired) electrons. The molecule has 0 aliphatic carbocycles. The highest BCUT2D eigenvalue weighted by Gasteiger charge is 2.16. The topological polar surface area (TPSA) is 85.6 Å². The highest BCUT2D eigenvalue weighted by Crippen LogP contribution is 2.19. The van der Waals surface area contributed by atoms with Gasteiger partial charge in [-0.25, -0.2) is 4.79 Å². The first-order valence-electron chi connectivity index (χ1n) is 8.65. The number of Topliss-reactive ketones (excluding diaryl/α,β-unsaturated/α-hetero) is 1. The van der Waals surface area contributed by atoms with E-state index in [4.69, 9.17) is 9.15 Å². The van der Waals surface area contributed by atoms with Gasteiger partial charge in [-0.1, -0.05) is 25.1 Å². The van der Waals surface area contributed by atoms with Gasteiger partial charge in [0.2, 0.25) is 11.7 Å². The molecule has 1 amide bonds. The second kappa shape index (κ2) is 8.31. The number of benzene rings is 2. The largest absolute Gasteiger partial charge is 0.451 e. The van der Waals surface area contributed by atoms with Crippen LogP contribution in [0.2, 0.25) is 0 Å². The summed E-state index contributed by atoms with van der Waals surface area (Å²) in [6.07, 6.45) is 1.21. The van der Waals surface area contributed by atoms with E-state index in [1.54, 1.807) is 42.5 Å². The summed E-state index contributed by atoms with van der Waals surface area (Å²) in [6, 6.07) is 15.2. The van der Waals surface area contributed by atoms with Crippen molar-refractivity contribution >= 4 is 34.3 Å². The molecule has 3 aromatic rings. The normalized spacial score (nSPS) is 10.6. The average molecular weight is 365 g/mol. The van der Waals surface area contributed by atoms with Crippen molar-refractivity contribution in [2.45, 2.75) is 19.8 Å². The number of furan rings is 1. The Bertz CT molecular complexity index is 939. The predicted molar refractivity (Wildman–Crippen MR) is 101 cm³/mol. The van der Waals surface area contributed by atoms with E-state index >= 15 is 0 Å². The van der Waals surface area contributed by atoms with Gasteiger partial charge < -0.3 is 14.5 Å². The third-order valence-electron chi connectivity index (χ3n) is 3.93. The Morgan fingerprint density at radius 2 is 1.78 bits per heavy atom. The lowest BCUT2D eigenvalue weighted by Crippen LogP contribution is -2.14. The summed E-state index contributed by atoms with van der Waals surface area (Å²) < 4.78 is 10.5. The molecule has 0 atom stereocenters. The van der Waals surface area contributed by atoms with Crippen LogP contribution in [-0.2, 0) is 9.53 Å². The smallest absolute Gasteiger partial charge is 0.374 e. The minimum absolute atomic E-state index is 0.0537. The maximum Gasteiger partial charge on any atom is 0.374 e. The number of hydrogen-bond donors (Lipinski definition) is 1. The zero-order valence-corrected chi connectivity index (χ0v) is 14.9. The summed E-state index contributed by atoms with van der Waals surface area (Å²) in [5, 5.41) is 3.53. The van der Waals surface area contributed by atoms with Crippen molar-refractivity contribution in [2.75, 3.05) is 11.9 Å². The van der Waals surface area contributed by atoms with Crippen molar-refractivity contribution in [1.29, 1.82) is 0 Å². The molecule has 1 N–H and O–H groups in total. The van der Waals surface area contributed by atoms with Gasteiger partial charge >= 0.3 is 5.97 Å². The van der Waals surface area contributed by atoms with Crippen molar-refractivity contribution in [3.63, 3.8) is 0 Å². The lowest BCUT2D eigenvalue weighted by atomic mass is 10.1. The van der Waals surface area contributed by atoms with Crippen molar-refractivity contribution in [2.24, 2.45) is 0 Å². The summed E-state index contributed by atoms with van der Waals surface area (Å²) in [5.41, 5.74) is 1.58. The molecule has 6 nitrogen and oxygen atoms in total. The maximum atomic E-state index is 12.2. The molecule has 1 heterocycles. The highest BCUT2D eigenvalue weighted by atomic mass is 16.5. The molecule has 3 rings (SSSR count). The summed E-state index contributed by atoms with van der Waals surface area (Å²) in [5.74, 6) is -1.05. The summed E-state index contributed by atoms with van der Waals surface area (Å²) in [6.45, 7) is 1.53. The van der Waals surface area contributed by atoms with Gasteiger partial charge in [0.1, 0.15) is 5.58 Å². The zero-order valence-electron chi connectivity index (χ0n) is 14.9. The van der Waals surface area contributed by atoms with Crippen LogP contribution in [0.25, 0.3) is 11.0 Å². The van der Waals surface area contributed by atoms with Crippen molar-refractivity contribution in [1.82, 2.24) is 0 Å². The number of rotatable bonds is 7. The maximum absolute atomic E-state index is 12.2. The number of hydrogen-bond acceptors (Lipinski definition) is 5.